The highest BCUT2D eigenvalue weighted by Crippen LogP contribution is 2.32. The van der Waals surface area contributed by atoms with Crippen molar-refractivity contribution in [3.8, 4) is 34.5 Å². The van der Waals surface area contributed by atoms with Crippen molar-refractivity contribution in [2.24, 2.45) is 0 Å². The zero-order chi connectivity index (χ0) is 17.1. The fourth-order valence-electron chi connectivity index (χ4n) is 2.40. The molecule has 0 saturated heterocycles. The molecular weight excluding hydrogens is 302 g/mol. The molecule has 0 aliphatic carbocycles. The van der Waals surface area contributed by atoms with Crippen LogP contribution in [0.5, 0.6) is 5.75 Å². The second-order valence-corrected chi connectivity index (χ2v) is 5.12. The van der Waals surface area contributed by atoms with E-state index in [-0.39, 0.29) is 23.0 Å². The number of aromatic hydroxyl groups is 1. The van der Waals surface area contributed by atoms with Gasteiger partial charge in [0.05, 0.1) is 11.3 Å². The molecule has 0 aliphatic rings. The van der Waals surface area contributed by atoms with Crippen molar-refractivity contribution in [3.63, 3.8) is 0 Å². The quantitative estimate of drug-likeness (QED) is 0.685. The summed E-state index contributed by atoms with van der Waals surface area (Å²) in [4.78, 5) is 8.65. The molecule has 6 nitrogen and oxygen atoms in total. The van der Waals surface area contributed by atoms with Gasteiger partial charge in [-0.15, -0.1) is 0 Å². The van der Waals surface area contributed by atoms with Crippen LogP contribution in [0.4, 0.5) is 11.5 Å². The number of hydrogen-bond acceptors (Lipinski definition) is 6. The first-order chi connectivity index (χ1) is 11.6. The van der Waals surface area contributed by atoms with Crippen molar-refractivity contribution in [1.29, 1.82) is 5.26 Å². The molecule has 3 aromatic rings. The van der Waals surface area contributed by atoms with Crippen LogP contribution in [0.1, 0.15) is 5.56 Å². The minimum Gasteiger partial charge on any atom is -0.507 e. The lowest BCUT2D eigenvalue weighted by Crippen LogP contribution is -2.03. The highest BCUT2D eigenvalue weighted by molar-refractivity contribution is 5.77. The number of nitrogens with zero attached hydrogens (tertiary/aromatic N) is 3. The Morgan fingerprint density at radius 2 is 1.92 bits per heavy atom. The number of nitriles is 1. The average molecular weight is 317 g/mol. The molecule has 4 N–H and O–H groups in total. The number of aromatic nitrogens is 2. The van der Waals surface area contributed by atoms with Crippen molar-refractivity contribution in [2.75, 3.05) is 18.1 Å². The average Bonchev–Trinajstić information content (AvgIpc) is 2.61. The number of phenols is 1. The second kappa shape index (κ2) is 6.26. The number of nitrogen functional groups attached to an aromatic ring is 1. The highest BCUT2D eigenvalue weighted by Gasteiger charge is 2.16. The van der Waals surface area contributed by atoms with Crippen LogP contribution in [0, 0.1) is 11.3 Å². The second-order valence-electron chi connectivity index (χ2n) is 5.12. The minimum absolute atomic E-state index is 0.0523. The number of phenolic OH excluding ortho intramolecular Hbond substituents is 1. The van der Waals surface area contributed by atoms with Crippen molar-refractivity contribution in [1.82, 2.24) is 9.97 Å². The van der Waals surface area contributed by atoms with Crippen LogP contribution >= 0.6 is 0 Å². The number of rotatable bonds is 3. The van der Waals surface area contributed by atoms with E-state index in [2.05, 4.69) is 21.4 Å². The van der Waals surface area contributed by atoms with Crippen LogP contribution < -0.4 is 11.1 Å². The van der Waals surface area contributed by atoms with E-state index < -0.39 is 0 Å². The smallest absolute Gasteiger partial charge is 0.165 e. The number of anilines is 2. The Morgan fingerprint density at radius 1 is 1.12 bits per heavy atom. The van der Waals surface area contributed by atoms with E-state index in [1.807, 2.05) is 31.3 Å². The van der Waals surface area contributed by atoms with Gasteiger partial charge in [0.1, 0.15) is 23.2 Å². The largest absolute Gasteiger partial charge is 0.507 e. The summed E-state index contributed by atoms with van der Waals surface area (Å²) in [6.45, 7) is 0. The first-order valence-corrected chi connectivity index (χ1v) is 7.28. The summed E-state index contributed by atoms with van der Waals surface area (Å²) >= 11 is 0. The molecule has 6 heteroatoms. The first-order valence-electron chi connectivity index (χ1n) is 7.28. The zero-order valence-electron chi connectivity index (χ0n) is 13.0. The summed E-state index contributed by atoms with van der Waals surface area (Å²) in [7, 11) is 1.81. The summed E-state index contributed by atoms with van der Waals surface area (Å²) in [6.07, 6.45) is 0. The van der Waals surface area contributed by atoms with Crippen LogP contribution in [0.3, 0.4) is 0 Å². The van der Waals surface area contributed by atoms with E-state index >= 15 is 0 Å². The third-order valence-electron chi connectivity index (χ3n) is 3.62. The predicted molar refractivity (Wildman–Crippen MR) is 93.2 cm³/mol. The predicted octanol–water partition coefficient (Wildman–Crippen LogP) is 3.01. The highest BCUT2D eigenvalue weighted by atomic mass is 16.3. The van der Waals surface area contributed by atoms with Crippen LogP contribution in [-0.4, -0.2) is 22.1 Å². The number of hydrogen-bond donors (Lipinski definition) is 3. The molecule has 2 aromatic carbocycles. The topological polar surface area (TPSA) is 108 Å². The molecule has 1 aromatic heterocycles. The Bertz CT molecular complexity index is 946. The summed E-state index contributed by atoms with van der Waals surface area (Å²) in [5.41, 5.74) is 8.68. The normalized spacial score (nSPS) is 10.2. The van der Waals surface area contributed by atoms with Gasteiger partial charge in [-0.1, -0.05) is 24.3 Å². The van der Waals surface area contributed by atoms with E-state index in [0.29, 0.717) is 11.3 Å². The van der Waals surface area contributed by atoms with Gasteiger partial charge in [-0.3, -0.25) is 0 Å². The zero-order valence-corrected chi connectivity index (χ0v) is 13.0. The maximum atomic E-state index is 10.0. The molecule has 0 unspecified atom stereocenters. The van der Waals surface area contributed by atoms with Crippen molar-refractivity contribution >= 4 is 11.5 Å². The fourth-order valence-corrected chi connectivity index (χ4v) is 2.40. The maximum absolute atomic E-state index is 10.0. The van der Waals surface area contributed by atoms with Crippen LogP contribution in [-0.2, 0) is 0 Å². The standard InChI is InChI=1S/C18H15N5O/c1-21-12-6-4-5-11(9-12)16-14(10-19)17(20)23-18(22-16)13-7-2-3-8-15(13)24/h2-9,21,24H,1H3,(H2,20,22,23). The van der Waals surface area contributed by atoms with Crippen molar-refractivity contribution in [3.05, 3.63) is 54.1 Å². The molecule has 1 heterocycles. The van der Waals surface area contributed by atoms with Crippen LogP contribution in [0.2, 0.25) is 0 Å². The molecule has 0 fully saturated rings. The Balaban J connectivity index is 2.25. The maximum Gasteiger partial charge on any atom is 0.165 e. The van der Waals surface area contributed by atoms with E-state index in [0.717, 1.165) is 11.3 Å². The molecule has 0 spiro atoms. The number of nitrogens with two attached hydrogens (primary N) is 1. The molecule has 24 heavy (non-hydrogen) atoms. The van der Waals surface area contributed by atoms with Crippen molar-refractivity contribution in [2.45, 2.75) is 0 Å². The summed E-state index contributed by atoms with van der Waals surface area (Å²) < 4.78 is 0. The van der Waals surface area contributed by atoms with Gasteiger partial charge in [0.25, 0.3) is 0 Å². The lowest BCUT2D eigenvalue weighted by atomic mass is 10.1. The molecule has 0 amide bonds. The van der Waals surface area contributed by atoms with Gasteiger partial charge in [0, 0.05) is 18.3 Å². The molecule has 0 bridgehead atoms. The molecule has 118 valence electrons. The van der Waals surface area contributed by atoms with Gasteiger partial charge in [0.15, 0.2) is 5.82 Å². The van der Waals surface area contributed by atoms with Gasteiger partial charge in [-0.2, -0.15) is 5.26 Å². The lowest BCUT2D eigenvalue weighted by Gasteiger charge is -2.11. The molecule has 0 atom stereocenters. The van der Waals surface area contributed by atoms with Crippen molar-refractivity contribution < 1.29 is 5.11 Å². The van der Waals surface area contributed by atoms with Crippen LogP contribution in [0.15, 0.2) is 48.5 Å². The fraction of sp³-hybridized carbons (Fsp3) is 0.0556. The number of para-hydroxylation sites is 1. The summed E-state index contributed by atoms with van der Waals surface area (Å²) in [5, 5.41) is 22.5. The SMILES string of the molecule is CNc1cccc(-c2nc(-c3ccccc3O)nc(N)c2C#N)c1. The number of nitrogens with one attached hydrogen (secondary N) is 1. The molecule has 0 saturated carbocycles. The van der Waals surface area contributed by atoms with Gasteiger partial charge in [-0.25, -0.2) is 9.97 Å². The van der Waals surface area contributed by atoms with Gasteiger partial charge >= 0.3 is 0 Å². The molecule has 0 aliphatic heterocycles. The molecule has 0 radical (unpaired) electrons. The Kier molecular flexibility index (Phi) is 4.00. The molecular formula is C18H15N5O. The summed E-state index contributed by atoms with van der Waals surface area (Å²) in [5.74, 6) is 0.404. The Labute approximate surface area is 139 Å². The summed E-state index contributed by atoms with van der Waals surface area (Å²) in [6, 6.07) is 16.3. The van der Waals surface area contributed by atoms with Gasteiger partial charge in [0.2, 0.25) is 0 Å². The number of benzene rings is 2. The minimum atomic E-state index is 0.0523. The van der Waals surface area contributed by atoms with E-state index in [1.165, 1.54) is 0 Å². The van der Waals surface area contributed by atoms with Crippen LogP contribution in [0.25, 0.3) is 22.6 Å². The lowest BCUT2D eigenvalue weighted by molar-refractivity contribution is 0.477. The van der Waals surface area contributed by atoms with Gasteiger partial charge < -0.3 is 16.2 Å². The van der Waals surface area contributed by atoms with E-state index in [1.54, 1.807) is 24.3 Å². The van der Waals surface area contributed by atoms with E-state index in [4.69, 9.17) is 5.73 Å². The Hall–Kier alpha value is -3.59. The Morgan fingerprint density at radius 3 is 2.62 bits per heavy atom. The first kappa shape index (κ1) is 15.3. The monoisotopic (exact) mass is 317 g/mol. The van der Waals surface area contributed by atoms with E-state index in [9.17, 15) is 10.4 Å². The molecule has 3 rings (SSSR count). The van der Waals surface area contributed by atoms with Gasteiger partial charge in [-0.05, 0) is 24.3 Å². The third-order valence-corrected chi connectivity index (χ3v) is 3.62. The third kappa shape index (κ3) is 2.71.